The van der Waals surface area contributed by atoms with Crippen LogP contribution in [0.2, 0.25) is 0 Å². The number of amides is 3. The average Bonchev–Trinajstić information content (AvgIpc) is 2.87. The lowest BCUT2D eigenvalue weighted by atomic mass is 9.92. The topological polar surface area (TPSA) is 72.3 Å². The van der Waals surface area contributed by atoms with Crippen LogP contribution in [0.1, 0.15) is 32.8 Å². The number of halogens is 1. The minimum atomic E-state index is -1.04. The van der Waals surface area contributed by atoms with E-state index in [1.165, 1.54) is 9.80 Å². The van der Waals surface area contributed by atoms with Gasteiger partial charge in [0.2, 0.25) is 0 Å². The first-order chi connectivity index (χ1) is 12.9. The van der Waals surface area contributed by atoms with Crippen molar-refractivity contribution in [3.8, 4) is 5.75 Å². The van der Waals surface area contributed by atoms with Crippen LogP contribution in [0, 0.1) is 5.92 Å². The fourth-order valence-electron chi connectivity index (χ4n) is 3.37. The molecule has 1 unspecified atom stereocenters. The molecule has 1 aromatic carbocycles. The van der Waals surface area contributed by atoms with Gasteiger partial charge in [-0.3, -0.25) is 4.79 Å². The summed E-state index contributed by atoms with van der Waals surface area (Å²) in [6.45, 7) is 10.0. The standard InChI is InChI=1S/C20H29N3O4.ClH/c1-15(2)8-11-27-17-6-4-16(5-7-17)20(3)18(24)23(19(25)21-20)14-22-9-12-26-13-10-22;/h4-7,15H,8-14H2,1-3H3,(H,21,25);1H. The van der Waals surface area contributed by atoms with Crippen LogP contribution in [-0.4, -0.2) is 56.4 Å². The number of benzene rings is 1. The van der Waals surface area contributed by atoms with Crippen molar-refractivity contribution < 1.29 is 36.4 Å². The number of carbonyl (C=O) groups excluding carboxylic acids is 2. The molecule has 0 radical (unpaired) electrons. The van der Waals surface area contributed by atoms with Gasteiger partial charge in [-0.25, -0.2) is 9.69 Å². The Balaban J connectivity index is 0.00000280. The van der Waals surface area contributed by atoms with Crippen molar-refractivity contribution in [2.45, 2.75) is 32.7 Å². The summed E-state index contributed by atoms with van der Waals surface area (Å²) in [7, 11) is 0. The van der Waals surface area contributed by atoms with Gasteiger partial charge in [-0.05, 0) is 37.0 Å². The van der Waals surface area contributed by atoms with Crippen molar-refractivity contribution in [1.82, 2.24) is 10.2 Å². The molecular formula is C20H30ClN3O4. The molecule has 28 heavy (non-hydrogen) atoms. The van der Waals surface area contributed by atoms with E-state index in [2.05, 4.69) is 19.2 Å². The van der Waals surface area contributed by atoms with E-state index in [-0.39, 0.29) is 24.3 Å². The maximum Gasteiger partial charge on any atom is 0.329 e. The number of urea groups is 1. The van der Waals surface area contributed by atoms with Crippen molar-refractivity contribution in [3.63, 3.8) is 0 Å². The van der Waals surface area contributed by atoms with Gasteiger partial charge in [0.25, 0.3) is 5.91 Å². The first-order valence-electron chi connectivity index (χ1n) is 9.69. The monoisotopic (exact) mass is 411 g/mol. The minimum Gasteiger partial charge on any atom is -1.00 e. The minimum absolute atomic E-state index is 0. The quantitative estimate of drug-likeness (QED) is 0.497. The maximum absolute atomic E-state index is 13.0. The normalized spacial score (nSPS) is 22.9. The number of hydrogen-bond acceptors (Lipinski definition) is 4. The molecule has 7 nitrogen and oxygen atoms in total. The number of quaternary nitrogens is 1. The first kappa shape index (κ1) is 22.5. The lowest BCUT2D eigenvalue weighted by Crippen LogP contribution is -3.15. The van der Waals surface area contributed by atoms with E-state index in [9.17, 15) is 9.59 Å². The van der Waals surface area contributed by atoms with Crippen LogP contribution < -0.4 is 27.4 Å². The molecule has 2 N–H and O–H groups in total. The van der Waals surface area contributed by atoms with Gasteiger partial charge in [0, 0.05) is 0 Å². The molecule has 0 saturated carbocycles. The van der Waals surface area contributed by atoms with Gasteiger partial charge in [-0.15, -0.1) is 0 Å². The van der Waals surface area contributed by atoms with E-state index < -0.39 is 5.54 Å². The third-order valence-corrected chi connectivity index (χ3v) is 5.25. The van der Waals surface area contributed by atoms with Gasteiger partial charge in [0.1, 0.15) is 24.4 Å². The Morgan fingerprint density at radius 2 is 1.86 bits per heavy atom. The largest absolute Gasteiger partial charge is 1.00 e. The number of morpholine rings is 1. The zero-order valence-electron chi connectivity index (χ0n) is 16.8. The molecule has 2 saturated heterocycles. The van der Waals surface area contributed by atoms with Crippen LogP contribution in [-0.2, 0) is 15.1 Å². The third kappa shape index (κ3) is 4.96. The molecule has 0 bridgehead atoms. The molecule has 0 aromatic heterocycles. The lowest BCUT2D eigenvalue weighted by Gasteiger charge is -2.27. The zero-order valence-corrected chi connectivity index (χ0v) is 17.6. The molecule has 0 aliphatic carbocycles. The summed E-state index contributed by atoms with van der Waals surface area (Å²) >= 11 is 0. The Morgan fingerprint density at radius 1 is 1.21 bits per heavy atom. The molecule has 0 spiro atoms. The summed E-state index contributed by atoms with van der Waals surface area (Å²) in [5.41, 5.74) is -0.282. The summed E-state index contributed by atoms with van der Waals surface area (Å²) in [4.78, 5) is 28.0. The molecule has 3 amide bonds. The van der Waals surface area contributed by atoms with E-state index in [4.69, 9.17) is 9.47 Å². The van der Waals surface area contributed by atoms with Crippen molar-refractivity contribution in [3.05, 3.63) is 29.8 Å². The highest BCUT2D eigenvalue weighted by atomic mass is 35.5. The molecule has 2 aliphatic rings. The smallest absolute Gasteiger partial charge is 0.329 e. The molecule has 2 fully saturated rings. The predicted molar refractivity (Wildman–Crippen MR) is 101 cm³/mol. The maximum atomic E-state index is 13.0. The van der Waals surface area contributed by atoms with Gasteiger partial charge < -0.3 is 32.1 Å². The molecule has 1 atom stereocenters. The molecule has 2 heterocycles. The number of ether oxygens (including phenoxy) is 2. The Bertz CT molecular complexity index is 677. The number of nitrogens with zero attached hydrogens (tertiary/aromatic N) is 1. The Hall–Kier alpha value is -1.83. The average molecular weight is 412 g/mol. The molecule has 8 heteroatoms. The van der Waals surface area contributed by atoms with Crippen LogP contribution in [0.5, 0.6) is 5.75 Å². The van der Waals surface area contributed by atoms with Gasteiger partial charge in [0.05, 0.1) is 19.8 Å². The molecule has 2 aliphatic heterocycles. The van der Waals surface area contributed by atoms with Gasteiger partial charge in [-0.2, -0.15) is 0 Å². The van der Waals surface area contributed by atoms with E-state index in [1.807, 2.05) is 24.3 Å². The number of carbonyl (C=O) groups is 2. The van der Waals surface area contributed by atoms with Gasteiger partial charge in [-0.1, -0.05) is 26.0 Å². The Kier molecular flexibility index (Phi) is 7.69. The number of hydrogen-bond donors (Lipinski definition) is 2. The summed E-state index contributed by atoms with van der Waals surface area (Å²) in [6.07, 6.45) is 0.993. The molecule has 1 aromatic rings. The van der Waals surface area contributed by atoms with E-state index >= 15 is 0 Å². The van der Waals surface area contributed by atoms with Gasteiger partial charge >= 0.3 is 6.03 Å². The number of rotatable bonds is 7. The van der Waals surface area contributed by atoms with Crippen molar-refractivity contribution in [2.24, 2.45) is 5.92 Å². The molecule has 3 rings (SSSR count). The molecular weight excluding hydrogens is 382 g/mol. The fourth-order valence-corrected chi connectivity index (χ4v) is 3.37. The summed E-state index contributed by atoms with van der Waals surface area (Å²) in [6, 6.07) is 7.09. The van der Waals surface area contributed by atoms with Crippen LogP contribution in [0.15, 0.2) is 24.3 Å². The van der Waals surface area contributed by atoms with Crippen LogP contribution in [0.25, 0.3) is 0 Å². The van der Waals surface area contributed by atoms with Crippen molar-refractivity contribution in [2.75, 3.05) is 39.6 Å². The van der Waals surface area contributed by atoms with Crippen molar-refractivity contribution in [1.29, 1.82) is 0 Å². The highest BCUT2D eigenvalue weighted by Crippen LogP contribution is 2.29. The van der Waals surface area contributed by atoms with E-state index in [1.54, 1.807) is 6.92 Å². The second-order valence-electron chi connectivity index (χ2n) is 7.86. The first-order valence-corrected chi connectivity index (χ1v) is 9.69. The number of nitrogens with one attached hydrogen (secondary N) is 2. The predicted octanol–water partition coefficient (Wildman–Crippen LogP) is -2.24. The van der Waals surface area contributed by atoms with Crippen molar-refractivity contribution >= 4 is 11.9 Å². The molecule has 156 valence electrons. The van der Waals surface area contributed by atoms with Crippen LogP contribution >= 0.6 is 0 Å². The third-order valence-electron chi connectivity index (χ3n) is 5.25. The summed E-state index contributed by atoms with van der Waals surface area (Å²) in [5.74, 6) is 1.16. The Labute approximate surface area is 172 Å². The second kappa shape index (κ2) is 9.58. The lowest BCUT2D eigenvalue weighted by molar-refractivity contribution is -0.915. The highest BCUT2D eigenvalue weighted by molar-refractivity contribution is 6.07. The van der Waals surface area contributed by atoms with E-state index in [0.29, 0.717) is 32.4 Å². The van der Waals surface area contributed by atoms with E-state index in [0.717, 1.165) is 30.8 Å². The number of imide groups is 1. The zero-order chi connectivity index (χ0) is 19.4. The van der Waals surface area contributed by atoms with Crippen LogP contribution in [0.3, 0.4) is 0 Å². The summed E-state index contributed by atoms with van der Waals surface area (Å²) < 4.78 is 11.1. The van der Waals surface area contributed by atoms with Crippen LogP contribution in [0.4, 0.5) is 4.79 Å². The SMILES string of the molecule is CC(C)CCOc1ccc(C2(C)NC(=O)N(C[NH+]3CCOCC3)C2=O)cc1.[Cl-]. The fraction of sp³-hybridized carbons (Fsp3) is 0.600. The highest BCUT2D eigenvalue weighted by Gasteiger charge is 2.50. The second-order valence-corrected chi connectivity index (χ2v) is 7.86. The summed E-state index contributed by atoms with van der Waals surface area (Å²) in [5, 5.41) is 2.87. The van der Waals surface area contributed by atoms with Gasteiger partial charge in [0.15, 0.2) is 6.67 Å². The Morgan fingerprint density at radius 3 is 2.46 bits per heavy atom.